The lowest BCUT2D eigenvalue weighted by Crippen LogP contribution is -2.46. The number of nitrogens with one attached hydrogen (secondary N) is 1. The van der Waals surface area contributed by atoms with Crippen LogP contribution in [0.4, 0.5) is 11.5 Å². The zero-order valence-corrected chi connectivity index (χ0v) is 18.0. The number of benzene rings is 1. The summed E-state index contributed by atoms with van der Waals surface area (Å²) in [7, 11) is 0. The Kier molecular flexibility index (Phi) is 7.65. The molecule has 0 bridgehead atoms. The van der Waals surface area contributed by atoms with E-state index in [0.717, 1.165) is 49.1 Å². The second-order valence-corrected chi connectivity index (χ2v) is 8.19. The number of amides is 1. The Morgan fingerprint density at radius 2 is 1.89 bits per heavy atom. The standard InChI is InChI=1S/C19H23Cl2N5OS/c1-2-6-22-18(27)13-28-19-23-16(21)12-17(24-19)26-9-7-25(8-10-26)15-5-3-4-14(20)11-15/h3-5,11-12H,2,6-10,13H2,1H3,(H,22,27). The van der Waals surface area contributed by atoms with E-state index in [9.17, 15) is 4.79 Å². The maximum Gasteiger partial charge on any atom is 0.230 e. The van der Waals surface area contributed by atoms with E-state index in [1.54, 1.807) is 6.07 Å². The Morgan fingerprint density at radius 1 is 1.14 bits per heavy atom. The monoisotopic (exact) mass is 439 g/mol. The number of aromatic nitrogens is 2. The van der Waals surface area contributed by atoms with E-state index in [2.05, 4.69) is 31.2 Å². The third-order valence-corrected chi connectivity index (χ3v) is 5.62. The molecule has 1 saturated heterocycles. The molecule has 1 fully saturated rings. The number of halogens is 2. The fourth-order valence-corrected chi connectivity index (χ4v) is 4.02. The molecule has 0 atom stereocenters. The van der Waals surface area contributed by atoms with Gasteiger partial charge >= 0.3 is 0 Å². The number of carbonyl (C=O) groups is 1. The summed E-state index contributed by atoms with van der Waals surface area (Å²) < 4.78 is 0. The second kappa shape index (κ2) is 10.2. The van der Waals surface area contributed by atoms with E-state index in [1.807, 2.05) is 25.1 Å². The first-order chi connectivity index (χ1) is 13.5. The summed E-state index contributed by atoms with van der Waals surface area (Å²) in [5, 5.41) is 4.50. The number of rotatable bonds is 7. The van der Waals surface area contributed by atoms with Crippen molar-refractivity contribution in [2.24, 2.45) is 0 Å². The molecule has 0 unspecified atom stereocenters. The molecular weight excluding hydrogens is 417 g/mol. The Morgan fingerprint density at radius 3 is 2.61 bits per heavy atom. The molecule has 150 valence electrons. The predicted molar refractivity (Wildman–Crippen MR) is 117 cm³/mol. The van der Waals surface area contributed by atoms with Gasteiger partial charge in [0.2, 0.25) is 5.91 Å². The highest BCUT2D eigenvalue weighted by Gasteiger charge is 2.20. The molecule has 0 saturated carbocycles. The van der Waals surface area contributed by atoms with Gasteiger partial charge in [-0.2, -0.15) is 0 Å². The molecule has 9 heteroatoms. The van der Waals surface area contributed by atoms with Crippen molar-refractivity contribution in [1.29, 1.82) is 0 Å². The fourth-order valence-electron chi connectivity index (χ4n) is 2.92. The van der Waals surface area contributed by atoms with Crippen LogP contribution in [0.15, 0.2) is 35.5 Å². The molecule has 0 radical (unpaired) electrons. The highest BCUT2D eigenvalue weighted by atomic mass is 35.5. The van der Waals surface area contributed by atoms with Crippen molar-refractivity contribution in [3.8, 4) is 0 Å². The SMILES string of the molecule is CCCNC(=O)CSc1nc(Cl)cc(N2CCN(c3cccc(Cl)c3)CC2)n1. The van der Waals surface area contributed by atoms with Crippen LogP contribution in [0.3, 0.4) is 0 Å². The summed E-state index contributed by atoms with van der Waals surface area (Å²) in [6.45, 7) is 6.07. The summed E-state index contributed by atoms with van der Waals surface area (Å²) in [4.78, 5) is 25.1. The molecule has 1 aromatic carbocycles. The van der Waals surface area contributed by atoms with Gasteiger partial charge in [0.25, 0.3) is 0 Å². The van der Waals surface area contributed by atoms with E-state index < -0.39 is 0 Å². The van der Waals surface area contributed by atoms with Gasteiger partial charge < -0.3 is 15.1 Å². The number of hydrogen-bond donors (Lipinski definition) is 1. The summed E-state index contributed by atoms with van der Waals surface area (Å²) >= 11 is 13.6. The third kappa shape index (κ3) is 5.90. The topological polar surface area (TPSA) is 61.4 Å². The molecule has 0 aliphatic carbocycles. The molecule has 1 aromatic heterocycles. The number of piperazine rings is 1. The molecule has 3 rings (SSSR count). The number of carbonyl (C=O) groups excluding carboxylic acids is 1. The highest BCUT2D eigenvalue weighted by molar-refractivity contribution is 7.99. The summed E-state index contributed by atoms with van der Waals surface area (Å²) in [5.74, 6) is 1.05. The first kappa shape index (κ1) is 21.0. The largest absolute Gasteiger partial charge is 0.368 e. The average molecular weight is 440 g/mol. The summed E-state index contributed by atoms with van der Waals surface area (Å²) in [6.07, 6.45) is 0.912. The van der Waals surface area contributed by atoms with Crippen molar-refractivity contribution >= 4 is 52.4 Å². The van der Waals surface area contributed by atoms with E-state index >= 15 is 0 Å². The molecule has 2 aromatic rings. The van der Waals surface area contributed by atoms with Gasteiger partial charge in [0.15, 0.2) is 5.16 Å². The first-order valence-electron chi connectivity index (χ1n) is 9.24. The van der Waals surface area contributed by atoms with Gasteiger partial charge in [-0.15, -0.1) is 0 Å². The second-order valence-electron chi connectivity index (χ2n) is 6.42. The molecule has 28 heavy (non-hydrogen) atoms. The molecule has 1 aliphatic rings. The van der Waals surface area contributed by atoms with E-state index in [1.165, 1.54) is 11.8 Å². The van der Waals surface area contributed by atoms with Gasteiger partial charge in [-0.1, -0.05) is 48.0 Å². The first-order valence-corrected chi connectivity index (χ1v) is 11.0. The minimum absolute atomic E-state index is 0.0212. The van der Waals surface area contributed by atoms with Crippen LogP contribution in [0.2, 0.25) is 10.2 Å². The summed E-state index contributed by atoms with van der Waals surface area (Å²) in [5.41, 5.74) is 1.13. The maximum absolute atomic E-state index is 11.8. The van der Waals surface area contributed by atoms with Gasteiger partial charge in [-0.3, -0.25) is 4.79 Å². The minimum Gasteiger partial charge on any atom is -0.368 e. The van der Waals surface area contributed by atoms with Crippen molar-refractivity contribution in [3.63, 3.8) is 0 Å². The highest BCUT2D eigenvalue weighted by Crippen LogP contribution is 2.25. The van der Waals surface area contributed by atoms with Crippen LogP contribution in [0.25, 0.3) is 0 Å². The smallest absolute Gasteiger partial charge is 0.230 e. The molecule has 6 nitrogen and oxygen atoms in total. The number of hydrogen-bond acceptors (Lipinski definition) is 6. The maximum atomic E-state index is 11.8. The van der Waals surface area contributed by atoms with Crippen LogP contribution in [-0.4, -0.2) is 54.4 Å². The Hall–Kier alpha value is -1.70. The molecule has 1 aliphatic heterocycles. The van der Waals surface area contributed by atoms with Crippen molar-refractivity contribution < 1.29 is 4.79 Å². The predicted octanol–water partition coefficient (Wildman–Crippen LogP) is 3.73. The Labute approximate surface area is 179 Å². The quantitative estimate of drug-likeness (QED) is 0.402. The average Bonchev–Trinajstić information content (AvgIpc) is 2.70. The Balaban J connectivity index is 1.60. The lowest BCUT2D eigenvalue weighted by atomic mass is 10.2. The van der Waals surface area contributed by atoms with E-state index in [4.69, 9.17) is 23.2 Å². The van der Waals surface area contributed by atoms with Crippen LogP contribution in [0, 0.1) is 0 Å². The Bertz CT molecular complexity index is 815. The van der Waals surface area contributed by atoms with Crippen LogP contribution >= 0.6 is 35.0 Å². The lowest BCUT2D eigenvalue weighted by Gasteiger charge is -2.36. The fraction of sp³-hybridized carbons (Fsp3) is 0.421. The molecule has 2 heterocycles. The third-order valence-electron chi connectivity index (χ3n) is 4.34. The van der Waals surface area contributed by atoms with Gasteiger partial charge in [0.05, 0.1) is 5.75 Å². The van der Waals surface area contributed by atoms with Crippen molar-refractivity contribution in [2.45, 2.75) is 18.5 Å². The van der Waals surface area contributed by atoms with Crippen LogP contribution in [-0.2, 0) is 4.79 Å². The molecule has 1 amide bonds. The summed E-state index contributed by atoms with van der Waals surface area (Å²) in [6, 6.07) is 9.68. The van der Waals surface area contributed by atoms with Gasteiger partial charge in [0, 0.05) is 49.5 Å². The number of thioether (sulfide) groups is 1. The van der Waals surface area contributed by atoms with Crippen LogP contribution < -0.4 is 15.1 Å². The molecular formula is C19H23Cl2N5OS. The van der Waals surface area contributed by atoms with Crippen molar-refractivity contribution in [3.05, 3.63) is 40.5 Å². The zero-order valence-electron chi connectivity index (χ0n) is 15.7. The van der Waals surface area contributed by atoms with Gasteiger partial charge in [0.1, 0.15) is 11.0 Å². The lowest BCUT2D eigenvalue weighted by molar-refractivity contribution is -0.118. The van der Waals surface area contributed by atoms with E-state index in [0.29, 0.717) is 16.9 Å². The number of nitrogens with zero attached hydrogens (tertiary/aromatic N) is 4. The van der Waals surface area contributed by atoms with Crippen LogP contribution in [0.5, 0.6) is 0 Å². The van der Waals surface area contributed by atoms with Gasteiger partial charge in [-0.05, 0) is 24.6 Å². The minimum atomic E-state index is -0.0212. The number of anilines is 2. The van der Waals surface area contributed by atoms with Crippen molar-refractivity contribution in [2.75, 3.05) is 48.3 Å². The normalized spacial score (nSPS) is 14.2. The zero-order chi connectivity index (χ0) is 19.9. The molecule has 1 N–H and O–H groups in total. The van der Waals surface area contributed by atoms with E-state index in [-0.39, 0.29) is 11.7 Å². The van der Waals surface area contributed by atoms with Crippen molar-refractivity contribution in [1.82, 2.24) is 15.3 Å². The van der Waals surface area contributed by atoms with Gasteiger partial charge in [-0.25, -0.2) is 9.97 Å². The molecule has 0 spiro atoms. The van der Waals surface area contributed by atoms with Crippen LogP contribution in [0.1, 0.15) is 13.3 Å².